The molecule has 3 nitrogen and oxygen atoms in total. The van der Waals surface area contributed by atoms with E-state index >= 15 is 0 Å². The van der Waals surface area contributed by atoms with E-state index in [0.717, 1.165) is 12.8 Å². The molecule has 0 aliphatic heterocycles. The monoisotopic (exact) mass is 279 g/mol. The molecule has 1 aliphatic rings. The minimum atomic E-state index is -0.809. The maximum absolute atomic E-state index is 12.9. The van der Waals surface area contributed by atoms with Crippen LogP contribution in [-0.2, 0) is 4.79 Å². The van der Waals surface area contributed by atoms with Crippen LogP contribution in [-0.4, -0.2) is 17.1 Å². The SMILES string of the molecule is CC1(C)CCCC(C)(C(=O)Nc2ccc(F)cc2)C1O. The highest BCUT2D eigenvalue weighted by atomic mass is 19.1. The Morgan fingerprint density at radius 1 is 1.25 bits per heavy atom. The van der Waals surface area contributed by atoms with E-state index in [-0.39, 0.29) is 17.1 Å². The molecule has 1 aliphatic carbocycles. The summed E-state index contributed by atoms with van der Waals surface area (Å²) in [5, 5.41) is 13.3. The lowest BCUT2D eigenvalue weighted by Gasteiger charge is -2.46. The normalized spacial score (nSPS) is 28.9. The van der Waals surface area contributed by atoms with Gasteiger partial charge in [-0.3, -0.25) is 4.79 Å². The van der Waals surface area contributed by atoms with Gasteiger partial charge in [-0.15, -0.1) is 0 Å². The molecule has 0 aromatic heterocycles. The number of aliphatic hydroxyl groups is 1. The molecule has 2 unspecified atom stereocenters. The first kappa shape index (κ1) is 15.0. The molecule has 2 atom stereocenters. The van der Waals surface area contributed by atoms with Crippen LogP contribution in [0.25, 0.3) is 0 Å². The summed E-state index contributed by atoms with van der Waals surface area (Å²) in [6.07, 6.45) is 1.79. The summed E-state index contributed by atoms with van der Waals surface area (Å²) in [5.41, 5.74) is -0.531. The molecule has 1 aromatic carbocycles. The van der Waals surface area contributed by atoms with Crippen LogP contribution >= 0.6 is 0 Å². The summed E-state index contributed by atoms with van der Waals surface area (Å²) >= 11 is 0. The number of hydrogen-bond donors (Lipinski definition) is 2. The highest BCUT2D eigenvalue weighted by Gasteiger charge is 2.50. The van der Waals surface area contributed by atoms with Crippen molar-refractivity contribution in [1.29, 1.82) is 0 Å². The predicted molar refractivity (Wildman–Crippen MR) is 76.8 cm³/mol. The molecule has 0 heterocycles. The van der Waals surface area contributed by atoms with Gasteiger partial charge in [0, 0.05) is 5.69 Å². The third-order valence-corrected chi connectivity index (χ3v) is 4.48. The lowest BCUT2D eigenvalue weighted by atomic mass is 9.61. The van der Waals surface area contributed by atoms with Gasteiger partial charge in [0.05, 0.1) is 11.5 Å². The quantitative estimate of drug-likeness (QED) is 0.872. The third kappa shape index (κ3) is 2.70. The lowest BCUT2D eigenvalue weighted by Crippen LogP contribution is -2.52. The van der Waals surface area contributed by atoms with E-state index in [1.807, 2.05) is 13.8 Å². The summed E-state index contributed by atoms with van der Waals surface area (Å²) < 4.78 is 12.9. The summed E-state index contributed by atoms with van der Waals surface area (Å²) in [6.45, 7) is 5.78. The Kier molecular flexibility index (Phi) is 3.87. The molecule has 0 saturated heterocycles. The fraction of sp³-hybridized carbons (Fsp3) is 0.562. The van der Waals surface area contributed by atoms with E-state index in [4.69, 9.17) is 0 Å². The molecule has 0 bridgehead atoms. The van der Waals surface area contributed by atoms with Crippen LogP contribution in [0.1, 0.15) is 40.0 Å². The minimum absolute atomic E-state index is 0.204. The molecule has 1 aromatic rings. The zero-order chi connectivity index (χ0) is 15.0. The first-order chi connectivity index (χ1) is 9.25. The molecule has 1 amide bonds. The molecule has 110 valence electrons. The van der Waals surface area contributed by atoms with Gasteiger partial charge in [0.15, 0.2) is 0 Å². The maximum Gasteiger partial charge on any atom is 0.232 e. The Bertz CT molecular complexity index is 498. The van der Waals surface area contributed by atoms with E-state index in [9.17, 15) is 14.3 Å². The minimum Gasteiger partial charge on any atom is -0.391 e. The van der Waals surface area contributed by atoms with Crippen LogP contribution in [0, 0.1) is 16.6 Å². The van der Waals surface area contributed by atoms with Crippen molar-refractivity contribution in [3.05, 3.63) is 30.1 Å². The average Bonchev–Trinajstić information content (AvgIpc) is 2.38. The topological polar surface area (TPSA) is 49.3 Å². The number of aliphatic hydroxyl groups excluding tert-OH is 1. The van der Waals surface area contributed by atoms with Crippen molar-refractivity contribution < 1.29 is 14.3 Å². The van der Waals surface area contributed by atoms with Gasteiger partial charge in [-0.05, 0) is 49.4 Å². The number of anilines is 1. The van der Waals surface area contributed by atoms with Gasteiger partial charge in [-0.2, -0.15) is 0 Å². The van der Waals surface area contributed by atoms with Crippen LogP contribution in [0.15, 0.2) is 24.3 Å². The van der Waals surface area contributed by atoms with Gasteiger partial charge in [0.25, 0.3) is 0 Å². The van der Waals surface area contributed by atoms with Crippen molar-refractivity contribution in [1.82, 2.24) is 0 Å². The van der Waals surface area contributed by atoms with Crippen LogP contribution in [0.4, 0.5) is 10.1 Å². The van der Waals surface area contributed by atoms with E-state index < -0.39 is 11.5 Å². The largest absolute Gasteiger partial charge is 0.391 e. The van der Waals surface area contributed by atoms with E-state index in [2.05, 4.69) is 5.32 Å². The van der Waals surface area contributed by atoms with Crippen LogP contribution in [0.5, 0.6) is 0 Å². The summed E-state index contributed by atoms with van der Waals surface area (Å²) in [4.78, 5) is 12.5. The molecule has 0 spiro atoms. The van der Waals surface area contributed by atoms with E-state index in [1.54, 1.807) is 6.92 Å². The number of carbonyl (C=O) groups is 1. The number of carbonyl (C=O) groups excluding carboxylic acids is 1. The second-order valence-corrected chi connectivity index (χ2v) is 6.62. The first-order valence-electron chi connectivity index (χ1n) is 7.01. The molecular formula is C16H22FNO2. The number of halogens is 1. The molecule has 20 heavy (non-hydrogen) atoms. The van der Waals surface area contributed by atoms with Gasteiger partial charge >= 0.3 is 0 Å². The molecule has 1 fully saturated rings. The van der Waals surface area contributed by atoms with Gasteiger partial charge in [-0.1, -0.05) is 20.3 Å². The fourth-order valence-corrected chi connectivity index (χ4v) is 3.09. The Balaban J connectivity index is 2.17. The Morgan fingerprint density at radius 2 is 1.85 bits per heavy atom. The smallest absolute Gasteiger partial charge is 0.232 e. The third-order valence-electron chi connectivity index (χ3n) is 4.48. The average molecular weight is 279 g/mol. The molecule has 2 rings (SSSR count). The van der Waals surface area contributed by atoms with Gasteiger partial charge in [0.1, 0.15) is 5.82 Å². The standard InChI is InChI=1S/C16H22FNO2/c1-15(2)9-4-10-16(3,13(15)19)14(20)18-12-7-5-11(17)6-8-12/h5-8,13,19H,4,9-10H2,1-3H3,(H,18,20). The second-order valence-electron chi connectivity index (χ2n) is 6.62. The number of rotatable bonds is 2. The second kappa shape index (κ2) is 5.17. The van der Waals surface area contributed by atoms with Crippen molar-refractivity contribution in [3.8, 4) is 0 Å². The molecule has 1 saturated carbocycles. The molecule has 2 N–H and O–H groups in total. The highest BCUT2D eigenvalue weighted by Crippen LogP contribution is 2.46. The highest BCUT2D eigenvalue weighted by molar-refractivity contribution is 5.95. The van der Waals surface area contributed by atoms with E-state index in [1.165, 1.54) is 24.3 Å². The lowest BCUT2D eigenvalue weighted by molar-refractivity contribution is -0.144. The summed E-state index contributed by atoms with van der Waals surface area (Å²) in [5.74, 6) is -0.544. The number of hydrogen-bond acceptors (Lipinski definition) is 2. The van der Waals surface area contributed by atoms with Crippen molar-refractivity contribution in [2.75, 3.05) is 5.32 Å². The van der Waals surface area contributed by atoms with E-state index in [0.29, 0.717) is 12.1 Å². The van der Waals surface area contributed by atoms with Crippen molar-refractivity contribution in [2.45, 2.75) is 46.1 Å². The number of benzene rings is 1. The molecule has 4 heteroatoms. The Hall–Kier alpha value is -1.42. The summed E-state index contributed by atoms with van der Waals surface area (Å²) in [7, 11) is 0. The number of amides is 1. The first-order valence-corrected chi connectivity index (χ1v) is 7.01. The Morgan fingerprint density at radius 3 is 2.45 bits per heavy atom. The Labute approximate surface area is 119 Å². The van der Waals surface area contributed by atoms with Crippen LogP contribution in [0.2, 0.25) is 0 Å². The van der Waals surface area contributed by atoms with Crippen molar-refractivity contribution in [3.63, 3.8) is 0 Å². The van der Waals surface area contributed by atoms with Crippen LogP contribution < -0.4 is 5.32 Å². The van der Waals surface area contributed by atoms with Crippen LogP contribution in [0.3, 0.4) is 0 Å². The zero-order valence-electron chi connectivity index (χ0n) is 12.2. The predicted octanol–water partition coefficient (Wildman–Crippen LogP) is 3.34. The zero-order valence-corrected chi connectivity index (χ0v) is 12.2. The molecule has 0 radical (unpaired) electrons. The van der Waals surface area contributed by atoms with Crippen molar-refractivity contribution >= 4 is 11.6 Å². The summed E-state index contributed by atoms with van der Waals surface area (Å²) in [6, 6.07) is 5.66. The fourth-order valence-electron chi connectivity index (χ4n) is 3.09. The van der Waals surface area contributed by atoms with Gasteiger partial charge in [-0.25, -0.2) is 4.39 Å². The van der Waals surface area contributed by atoms with Gasteiger partial charge < -0.3 is 10.4 Å². The molecular weight excluding hydrogens is 257 g/mol. The maximum atomic E-state index is 12.9. The number of nitrogens with one attached hydrogen (secondary N) is 1. The van der Waals surface area contributed by atoms with Crippen molar-refractivity contribution in [2.24, 2.45) is 10.8 Å². The van der Waals surface area contributed by atoms with Gasteiger partial charge in [0.2, 0.25) is 5.91 Å².